The van der Waals surface area contributed by atoms with Crippen molar-refractivity contribution in [1.82, 2.24) is 0 Å². The molecule has 1 saturated carbocycles. The summed E-state index contributed by atoms with van der Waals surface area (Å²) in [6.07, 6.45) is 3.30. The molecule has 0 bridgehead atoms. The van der Waals surface area contributed by atoms with Crippen molar-refractivity contribution in [3.8, 4) is 0 Å². The summed E-state index contributed by atoms with van der Waals surface area (Å²) in [6, 6.07) is 0. The SMILES string of the molecule is CC1(C)COC2(CC(C)(C)CC(C)(C)C2)OC1. The number of rotatable bonds is 0. The van der Waals surface area contributed by atoms with Gasteiger partial charge in [0.25, 0.3) is 0 Å². The Morgan fingerprint density at radius 1 is 0.588 bits per heavy atom. The minimum atomic E-state index is -0.319. The van der Waals surface area contributed by atoms with Crippen LogP contribution in [0.15, 0.2) is 0 Å². The zero-order chi connectivity index (χ0) is 12.9. The van der Waals surface area contributed by atoms with E-state index in [-0.39, 0.29) is 11.2 Å². The lowest BCUT2D eigenvalue weighted by Crippen LogP contribution is -2.55. The van der Waals surface area contributed by atoms with E-state index in [0.717, 1.165) is 26.1 Å². The van der Waals surface area contributed by atoms with E-state index in [1.807, 2.05) is 0 Å². The molecule has 0 N–H and O–H groups in total. The van der Waals surface area contributed by atoms with Gasteiger partial charge in [0.1, 0.15) is 0 Å². The lowest BCUT2D eigenvalue weighted by molar-refractivity contribution is -0.332. The molecule has 2 aliphatic rings. The van der Waals surface area contributed by atoms with Crippen LogP contribution in [-0.2, 0) is 9.47 Å². The predicted molar refractivity (Wildman–Crippen MR) is 69.8 cm³/mol. The fourth-order valence-corrected chi connectivity index (χ4v) is 3.88. The Bertz CT molecular complexity index is 274. The molecule has 0 radical (unpaired) electrons. The van der Waals surface area contributed by atoms with Gasteiger partial charge in [0.15, 0.2) is 5.79 Å². The van der Waals surface area contributed by atoms with E-state index in [0.29, 0.717) is 10.8 Å². The molecule has 1 aliphatic carbocycles. The molecule has 2 nitrogen and oxygen atoms in total. The molecule has 1 heterocycles. The third-order valence-corrected chi connectivity index (χ3v) is 3.90. The molecule has 0 aromatic heterocycles. The molecule has 100 valence electrons. The molecule has 1 spiro atoms. The van der Waals surface area contributed by atoms with Gasteiger partial charge in [-0.15, -0.1) is 0 Å². The third kappa shape index (κ3) is 3.03. The van der Waals surface area contributed by atoms with Gasteiger partial charge in [0.05, 0.1) is 13.2 Å². The highest BCUT2D eigenvalue weighted by atomic mass is 16.7. The lowest BCUT2D eigenvalue weighted by atomic mass is 9.62. The summed E-state index contributed by atoms with van der Waals surface area (Å²) in [4.78, 5) is 0. The second kappa shape index (κ2) is 3.71. The Morgan fingerprint density at radius 2 is 1.00 bits per heavy atom. The van der Waals surface area contributed by atoms with E-state index in [1.54, 1.807) is 0 Å². The molecule has 2 heteroatoms. The Kier molecular flexibility index (Phi) is 2.91. The Labute approximate surface area is 106 Å². The van der Waals surface area contributed by atoms with Gasteiger partial charge < -0.3 is 9.47 Å². The van der Waals surface area contributed by atoms with Crippen LogP contribution in [0.4, 0.5) is 0 Å². The van der Waals surface area contributed by atoms with Crippen LogP contribution >= 0.6 is 0 Å². The van der Waals surface area contributed by atoms with Crippen LogP contribution in [-0.4, -0.2) is 19.0 Å². The van der Waals surface area contributed by atoms with Crippen molar-refractivity contribution in [2.45, 2.75) is 66.6 Å². The zero-order valence-electron chi connectivity index (χ0n) is 12.4. The van der Waals surface area contributed by atoms with Gasteiger partial charge in [0.2, 0.25) is 0 Å². The largest absolute Gasteiger partial charge is 0.349 e. The van der Waals surface area contributed by atoms with Gasteiger partial charge in [-0.25, -0.2) is 0 Å². The van der Waals surface area contributed by atoms with Gasteiger partial charge in [-0.3, -0.25) is 0 Å². The van der Waals surface area contributed by atoms with Gasteiger partial charge in [0, 0.05) is 18.3 Å². The van der Waals surface area contributed by atoms with Crippen LogP contribution in [0.5, 0.6) is 0 Å². The van der Waals surface area contributed by atoms with E-state index >= 15 is 0 Å². The maximum Gasteiger partial charge on any atom is 0.169 e. The zero-order valence-corrected chi connectivity index (χ0v) is 12.4. The molecule has 1 saturated heterocycles. The van der Waals surface area contributed by atoms with Crippen molar-refractivity contribution < 1.29 is 9.47 Å². The topological polar surface area (TPSA) is 18.5 Å². The highest BCUT2D eigenvalue weighted by Gasteiger charge is 2.51. The highest BCUT2D eigenvalue weighted by molar-refractivity contribution is 4.96. The normalized spacial score (nSPS) is 33.5. The first-order valence-electron chi connectivity index (χ1n) is 6.81. The first-order chi connectivity index (χ1) is 7.54. The summed E-state index contributed by atoms with van der Waals surface area (Å²) in [6.45, 7) is 15.4. The molecule has 2 fully saturated rings. The van der Waals surface area contributed by atoms with Crippen LogP contribution in [0.3, 0.4) is 0 Å². The molecular weight excluding hydrogens is 212 g/mol. The Balaban J connectivity index is 2.15. The average molecular weight is 240 g/mol. The van der Waals surface area contributed by atoms with Crippen molar-refractivity contribution in [3.63, 3.8) is 0 Å². The maximum atomic E-state index is 6.17. The summed E-state index contributed by atoms with van der Waals surface area (Å²) in [5.41, 5.74) is 0.781. The van der Waals surface area contributed by atoms with Gasteiger partial charge >= 0.3 is 0 Å². The maximum absolute atomic E-state index is 6.17. The molecule has 0 aromatic rings. The molecule has 0 amide bonds. The summed E-state index contributed by atoms with van der Waals surface area (Å²) >= 11 is 0. The smallest absolute Gasteiger partial charge is 0.169 e. The van der Waals surface area contributed by atoms with Crippen molar-refractivity contribution in [3.05, 3.63) is 0 Å². The lowest BCUT2D eigenvalue weighted by Gasteiger charge is -2.54. The van der Waals surface area contributed by atoms with Crippen LogP contribution in [0.1, 0.15) is 60.8 Å². The standard InChI is InChI=1S/C15H28O2/c1-12(2)7-13(3,4)9-15(8-12)16-10-14(5,6)11-17-15/h7-11H2,1-6H3. The summed E-state index contributed by atoms with van der Waals surface area (Å²) in [5.74, 6) is -0.319. The van der Waals surface area contributed by atoms with Gasteiger partial charge in [-0.1, -0.05) is 41.5 Å². The summed E-state index contributed by atoms with van der Waals surface area (Å²) < 4.78 is 12.3. The second-order valence-corrected chi connectivity index (χ2v) is 8.51. The molecule has 17 heavy (non-hydrogen) atoms. The molecule has 2 rings (SSSR count). The molecule has 0 unspecified atom stereocenters. The van der Waals surface area contributed by atoms with E-state index < -0.39 is 0 Å². The number of hydrogen-bond acceptors (Lipinski definition) is 2. The van der Waals surface area contributed by atoms with Gasteiger partial charge in [-0.2, -0.15) is 0 Å². The van der Waals surface area contributed by atoms with Crippen molar-refractivity contribution in [2.75, 3.05) is 13.2 Å². The van der Waals surface area contributed by atoms with Crippen LogP contribution in [0, 0.1) is 16.2 Å². The van der Waals surface area contributed by atoms with Crippen LogP contribution in [0.2, 0.25) is 0 Å². The van der Waals surface area contributed by atoms with Crippen molar-refractivity contribution in [1.29, 1.82) is 0 Å². The Morgan fingerprint density at radius 3 is 1.41 bits per heavy atom. The van der Waals surface area contributed by atoms with Crippen LogP contribution in [0.25, 0.3) is 0 Å². The Hall–Kier alpha value is -0.0800. The van der Waals surface area contributed by atoms with E-state index in [4.69, 9.17) is 9.47 Å². The van der Waals surface area contributed by atoms with Crippen LogP contribution < -0.4 is 0 Å². The monoisotopic (exact) mass is 240 g/mol. The molecule has 0 atom stereocenters. The van der Waals surface area contributed by atoms with E-state index in [1.165, 1.54) is 6.42 Å². The fourth-order valence-electron chi connectivity index (χ4n) is 3.88. The third-order valence-electron chi connectivity index (χ3n) is 3.90. The predicted octanol–water partition coefficient (Wildman–Crippen LogP) is 3.99. The fraction of sp³-hybridized carbons (Fsp3) is 1.00. The summed E-state index contributed by atoms with van der Waals surface area (Å²) in [7, 11) is 0. The van der Waals surface area contributed by atoms with E-state index in [2.05, 4.69) is 41.5 Å². The number of hydrogen-bond donors (Lipinski definition) is 0. The molecule has 1 aliphatic heterocycles. The van der Waals surface area contributed by atoms with Crippen molar-refractivity contribution >= 4 is 0 Å². The second-order valence-electron chi connectivity index (χ2n) is 8.51. The minimum Gasteiger partial charge on any atom is -0.349 e. The molecular formula is C15H28O2. The van der Waals surface area contributed by atoms with Crippen molar-refractivity contribution in [2.24, 2.45) is 16.2 Å². The number of ether oxygens (including phenoxy) is 2. The first kappa shape index (κ1) is 13.4. The quantitative estimate of drug-likeness (QED) is 0.637. The van der Waals surface area contributed by atoms with Gasteiger partial charge in [-0.05, 0) is 17.3 Å². The highest BCUT2D eigenvalue weighted by Crippen LogP contribution is 2.53. The molecule has 0 aromatic carbocycles. The van der Waals surface area contributed by atoms with E-state index in [9.17, 15) is 0 Å². The first-order valence-corrected chi connectivity index (χ1v) is 6.81. The minimum absolute atomic E-state index is 0.164. The summed E-state index contributed by atoms with van der Waals surface area (Å²) in [5, 5.41) is 0. The average Bonchev–Trinajstić information content (AvgIpc) is 2.06.